The summed E-state index contributed by atoms with van der Waals surface area (Å²) in [6.45, 7) is 15.3. The van der Waals surface area contributed by atoms with Gasteiger partial charge >= 0.3 is 0 Å². The number of unbranched alkanes of at least 4 members (excludes halogenated alkanes) is 1. The molecule has 0 amide bonds. The van der Waals surface area contributed by atoms with Crippen LogP contribution in [0.1, 0.15) is 66.7 Å². The molecule has 1 atom stereocenters. The van der Waals surface area contributed by atoms with Crippen molar-refractivity contribution >= 4 is 0 Å². The Balaban J connectivity index is 3.99. The molecule has 1 N–H and O–H groups in total. The molecule has 0 aliphatic rings. The molecule has 118 valence electrons. The molecular weight excluding hydrogens is 246 g/mol. The molecule has 0 bridgehead atoms. The largest absolute Gasteiger partial charge is 0.303 e. The zero-order valence-corrected chi connectivity index (χ0v) is 14.3. The van der Waals surface area contributed by atoms with Crippen molar-refractivity contribution in [1.82, 2.24) is 10.2 Å². The highest BCUT2D eigenvalue weighted by molar-refractivity contribution is 5.03. The minimum atomic E-state index is -0.346. The number of hydrogen-bond acceptors (Lipinski definition) is 3. The minimum Gasteiger partial charge on any atom is -0.303 e. The first-order chi connectivity index (χ1) is 9.55. The zero-order valence-electron chi connectivity index (χ0n) is 14.3. The van der Waals surface area contributed by atoms with Gasteiger partial charge in [-0.1, -0.05) is 40.5 Å². The average molecular weight is 281 g/mol. The Morgan fingerprint density at radius 1 is 1.15 bits per heavy atom. The van der Waals surface area contributed by atoms with E-state index in [4.69, 9.17) is 0 Å². The van der Waals surface area contributed by atoms with Gasteiger partial charge in [0.1, 0.15) is 5.54 Å². The lowest BCUT2D eigenvalue weighted by molar-refractivity contribution is 0.227. The lowest BCUT2D eigenvalue weighted by Gasteiger charge is -2.26. The van der Waals surface area contributed by atoms with Gasteiger partial charge in [-0.25, -0.2) is 0 Å². The summed E-state index contributed by atoms with van der Waals surface area (Å²) in [6, 6.07) is 2.41. The molecule has 0 aromatic heterocycles. The first-order valence-electron chi connectivity index (χ1n) is 8.43. The summed E-state index contributed by atoms with van der Waals surface area (Å²) in [4.78, 5) is 2.56. The summed E-state index contributed by atoms with van der Waals surface area (Å²) in [5.41, 5.74) is -0.346. The van der Waals surface area contributed by atoms with Gasteiger partial charge in [-0.15, -0.1) is 0 Å². The molecule has 20 heavy (non-hydrogen) atoms. The average Bonchev–Trinajstić information content (AvgIpc) is 2.47. The van der Waals surface area contributed by atoms with Gasteiger partial charge in [0.25, 0.3) is 0 Å². The summed E-state index contributed by atoms with van der Waals surface area (Å²) in [5.74, 6) is 0.834. The molecule has 3 heteroatoms. The minimum absolute atomic E-state index is 0.346. The highest BCUT2D eigenvalue weighted by Gasteiger charge is 2.21. The third kappa shape index (κ3) is 7.87. The van der Waals surface area contributed by atoms with Crippen LogP contribution in [0.3, 0.4) is 0 Å². The van der Waals surface area contributed by atoms with Crippen molar-refractivity contribution in [3.05, 3.63) is 0 Å². The molecule has 0 rings (SSSR count). The first-order valence-corrected chi connectivity index (χ1v) is 8.43. The standard InChI is InChI=1S/C17H35N3/c1-6-16(7-2)14-20(9-4)13-11-10-12-17(5,15-18)19-8-3/h16,19H,6-14H2,1-5H3. The lowest BCUT2D eigenvalue weighted by atomic mass is 9.96. The molecule has 3 nitrogen and oxygen atoms in total. The fourth-order valence-corrected chi connectivity index (χ4v) is 2.68. The fourth-order valence-electron chi connectivity index (χ4n) is 2.68. The summed E-state index contributed by atoms with van der Waals surface area (Å²) < 4.78 is 0. The Hall–Kier alpha value is -0.590. The number of nitriles is 1. The second-order valence-corrected chi connectivity index (χ2v) is 6.01. The van der Waals surface area contributed by atoms with Crippen LogP contribution in [0.15, 0.2) is 0 Å². The van der Waals surface area contributed by atoms with Crippen LogP contribution in [0, 0.1) is 17.2 Å². The number of hydrogen-bond donors (Lipinski definition) is 1. The summed E-state index contributed by atoms with van der Waals surface area (Å²) in [7, 11) is 0. The molecule has 1 unspecified atom stereocenters. The van der Waals surface area contributed by atoms with Crippen molar-refractivity contribution in [3.63, 3.8) is 0 Å². The van der Waals surface area contributed by atoms with E-state index in [1.54, 1.807) is 0 Å². The predicted molar refractivity (Wildman–Crippen MR) is 87.7 cm³/mol. The Bertz CT molecular complexity index is 268. The Morgan fingerprint density at radius 2 is 1.80 bits per heavy atom. The molecule has 0 aliphatic heterocycles. The quantitative estimate of drug-likeness (QED) is 0.553. The molecule has 0 saturated heterocycles. The van der Waals surface area contributed by atoms with E-state index in [1.807, 2.05) is 6.92 Å². The van der Waals surface area contributed by atoms with Crippen LogP contribution in [0.4, 0.5) is 0 Å². The number of nitrogens with one attached hydrogen (secondary N) is 1. The van der Waals surface area contributed by atoms with Gasteiger partial charge in [-0.05, 0) is 51.7 Å². The Kier molecular flexibility index (Phi) is 10.8. The van der Waals surface area contributed by atoms with Crippen molar-refractivity contribution in [2.45, 2.75) is 72.3 Å². The summed E-state index contributed by atoms with van der Waals surface area (Å²) in [5, 5.41) is 12.5. The zero-order chi connectivity index (χ0) is 15.4. The van der Waals surface area contributed by atoms with Crippen LogP contribution in [0.2, 0.25) is 0 Å². The van der Waals surface area contributed by atoms with Crippen molar-refractivity contribution in [3.8, 4) is 6.07 Å². The second kappa shape index (κ2) is 11.1. The van der Waals surface area contributed by atoms with Crippen LogP contribution in [0.25, 0.3) is 0 Å². The van der Waals surface area contributed by atoms with Gasteiger partial charge in [-0.3, -0.25) is 5.32 Å². The molecule has 0 heterocycles. The van der Waals surface area contributed by atoms with Gasteiger partial charge in [0, 0.05) is 6.54 Å². The van der Waals surface area contributed by atoms with E-state index < -0.39 is 0 Å². The highest BCUT2D eigenvalue weighted by Crippen LogP contribution is 2.14. The van der Waals surface area contributed by atoms with Crippen molar-refractivity contribution < 1.29 is 0 Å². The van der Waals surface area contributed by atoms with Gasteiger partial charge in [0.05, 0.1) is 6.07 Å². The SMILES string of the molecule is CCNC(C)(C#N)CCCCN(CC)CC(CC)CC. The third-order valence-corrected chi connectivity index (χ3v) is 4.33. The number of rotatable bonds is 12. The smallest absolute Gasteiger partial charge is 0.103 e. The summed E-state index contributed by atoms with van der Waals surface area (Å²) >= 11 is 0. The molecule has 0 aliphatic carbocycles. The van der Waals surface area contributed by atoms with Crippen molar-refractivity contribution in [1.29, 1.82) is 5.26 Å². The van der Waals surface area contributed by atoms with E-state index in [1.165, 1.54) is 32.4 Å². The van der Waals surface area contributed by atoms with E-state index in [-0.39, 0.29) is 5.54 Å². The normalized spacial score (nSPS) is 14.5. The van der Waals surface area contributed by atoms with Crippen LogP contribution in [0.5, 0.6) is 0 Å². The maximum absolute atomic E-state index is 9.23. The predicted octanol–water partition coefficient (Wildman–Crippen LogP) is 3.81. The van der Waals surface area contributed by atoms with Crippen molar-refractivity contribution in [2.24, 2.45) is 5.92 Å². The molecule has 0 spiro atoms. The molecular formula is C17H35N3. The number of nitrogens with zero attached hydrogens (tertiary/aromatic N) is 2. The monoisotopic (exact) mass is 281 g/mol. The van der Waals surface area contributed by atoms with Crippen LogP contribution in [-0.4, -0.2) is 36.6 Å². The van der Waals surface area contributed by atoms with E-state index in [0.717, 1.165) is 31.8 Å². The summed E-state index contributed by atoms with van der Waals surface area (Å²) in [6.07, 6.45) is 5.81. The molecule has 0 saturated carbocycles. The molecule has 0 radical (unpaired) electrons. The van der Waals surface area contributed by atoms with E-state index in [9.17, 15) is 5.26 Å². The molecule has 0 aromatic rings. The maximum atomic E-state index is 9.23. The van der Waals surface area contributed by atoms with E-state index in [2.05, 4.69) is 44.0 Å². The van der Waals surface area contributed by atoms with E-state index >= 15 is 0 Å². The van der Waals surface area contributed by atoms with Gasteiger partial charge in [-0.2, -0.15) is 5.26 Å². The third-order valence-electron chi connectivity index (χ3n) is 4.33. The second-order valence-electron chi connectivity index (χ2n) is 6.01. The Labute approximate surface area is 126 Å². The van der Waals surface area contributed by atoms with Gasteiger partial charge < -0.3 is 4.90 Å². The van der Waals surface area contributed by atoms with Crippen LogP contribution < -0.4 is 5.32 Å². The van der Waals surface area contributed by atoms with Crippen molar-refractivity contribution in [2.75, 3.05) is 26.2 Å². The van der Waals surface area contributed by atoms with E-state index in [0.29, 0.717) is 0 Å². The topological polar surface area (TPSA) is 39.1 Å². The first kappa shape index (κ1) is 19.4. The lowest BCUT2D eigenvalue weighted by Crippen LogP contribution is -2.40. The van der Waals surface area contributed by atoms with Gasteiger partial charge in [0.2, 0.25) is 0 Å². The molecule has 0 aromatic carbocycles. The van der Waals surface area contributed by atoms with Crippen LogP contribution >= 0.6 is 0 Å². The van der Waals surface area contributed by atoms with Gasteiger partial charge in [0.15, 0.2) is 0 Å². The fraction of sp³-hybridized carbons (Fsp3) is 0.941. The Morgan fingerprint density at radius 3 is 2.25 bits per heavy atom. The highest BCUT2D eigenvalue weighted by atomic mass is 15.1. The maximum Gasteiger partial charge on any atom is 0.103 e. The molecule has 0 fully saturated rings. The van der Waals surface area contributed by atoms with Crippen LogP contribution in [-0.2, 0) is 0 Å².